The molecule has 96 valence electrons. The molecule has 0 radical (unpaired) electrons. The van der Waals surface area contributed by atoms with Crippen molar-refractivity contribution in [3.63, 3.8) is 0 Å². The highest BCUT2D eigenvalue weighted by Gasteiger charge is 2.27. The van der Waals surface area contributed by atoms with E-state index in [1.54, 1.807) is 6.92 Å². The molecule has 0 aromatic carbocycles. The van der Waals surface area contributed by atoms with Gasteiger partial charge in [0.2, 0.25) is 0 Å². The lowest BCUT2D eigenvalue weighted by atomic mass is 10.0. The quantitative estimate of drug-likeness (QED) is 0.893. The van der Waals surface area contributed by atoms with E-state index in [-0.39, 0.29) is 23.7 Å². The van der Waals surface area contributed by atoms with Crippen LogP contribution in [0, 0.1) is 6.92 Å². The molecule has 0 spiro atoms. The molecule has 0 amide bonds. The van der Waals surface area contributed by atoms with E-state index in [0.29, 0.717) is 11.3 Å². The molecule has 0 aliphatic rings. The predicted octanol–water partition coefficient (Wildman–Crippen LogP) is 2.70. The molecule has 0 unspecified atom stereocenters. The van der Waals surface area contributed by atoms with Crippen LogP contribution in [-0.2, 0) is 6.42 Å². The van der Waals surface area contributed by atoms with E-state index in [9.17, 15) is 18.0 Å². The van der Waals surface area contributed by atoms with Crippen LogP contribution in [0.3, 0.4) is 0 Å². The second-order valence-electron chi connectivity index (χ2n) is 4.28. The van der Waals surface area contributed by atoms with Gasteiger partial charge in [-0.05, 0) is 12.8 Å². The van der Waals surface area contributed by atoms with Gasteiger partial charge in [0.15, 0.2) is 0 Å². The number of rotatable bonds is 3. The fraction of sp³-hybridized carbons (Fsp3) is 0.636. The Morgan fingerprint density at radius 1 is 1.35 bits per heavy atom. The van der Waals surface area contributed by atoms with Gasteiger partial charge >= 0.3 is 6.18 Å². The topological polar surface area (TPSA) is 45.8 Å². The Balaban J connectivity index is 2.96. The van der Waals surface area contributed by atoms with Crippen LogP contribution in [0.15, 0.2) is 4.79 Å². The van der Waals surface area contributed by atoms with Crippen molar-refractivity contribution in [2.24, 2.45) is 0 Å². The molecule has 0 saturated carbocycles. The van der Waals surface area contributed by atoms with Gasteiger partial charge in [0, 0.05) is 17.7 Å². The molecule has 0 bridgehead atoms. The molecule has 0 aliphatic carbocycles. The molecule has 1 heterocycles. The van der Waals surface area contributed by atoms with Gasteiger partial charge in [-0.25, -0.2) is 4.98 Å². The molecule has 1 aromatic rings. The number of nitrogens with zero attached hydrogens (tertiary/aromatic N) is 1. The van der Waals surface area contributed by atoms with Crippen LogP contribution in [-0.4, -0.2) is 16.1 Å². The lowest BCUT2D eigenvalue weighted by Crippen LogP contribution is -2.21. The number of alkyl halides is 3. The Morgan fingerprint density at radius 2 is 1.94 bits per heavy atom. The number of hydrogen-bond acceptors (Lipinski definition) is 2. The average molecular weight is 248 g/mol. The van der Waals surface area contributed by atoms with E-state index in [0.717, 1.165) is 0 Å². The highest BCUT2D eigenvalue weighted by molar-refractivity contribution is 5.20. The number of aromatic amines is 1. The van der Waals surface area contributed by atoms with E-state index in [4.69, 9.17) is 0 Å². The monoisotopic (exact) mass is 248 g/mol. The van der Waals surface area contributed by atoms with E-state index in [1.807, 2.05) is 13.8 Å². The second kappa shape index (κ2) is 4.89. The maximum absolute atomic E-state index is 12.0. The van der Waals surface area contributed by atoms with Crippen LogP contribution < -0.4 is 5.56 Å². The van der Waals surface area contributed by atoms with E-state index in [1.165, 1.54) is 0 Å². The fourth-order valence-electron chi connectivity index (χ4n) is 1.71. The molecule has 1 rings (SSSR count). The number of halogens is 3. The first-order valence-corrected chi connectivity index (χ1v) is 5.37. The first-order valence-electron chi connectivity index (χ1n) is 5.37. The van der Waals surface area contributed by atoms with E-state index in [2.05, 4.69) is 9.97 Å². The molecule has 0 saturated heterocycles. The van der Waals surface area contributed by atoms with Gasteiger partial charge in [-0.2, -0.15) is 13.2 Å². The predicted molar refractivity (Wildman–Crippen MR) is 58.1 cm³/mol. The lowest BCUT2D eigenvalue weighted by Gasteiger charge is -2.10. The molecular weight excluding hydrogens is 233 g/mol. The van der Waals surface area contributed by atoms with Crippen molar-refractivity contribution in [3.8, 4) is 0 Å². The standard InChI is InChI=1S/C11H15F3N2O/c1-6(2)9-7(3)15-8(16-10(9)17)4-5-11(12,13)14/h6H,4-5H2,1-3H3,(H,15,16,17). The minimum Gasteiger partial charge on any atom is -0.310 e. The third kappa shape index (κ3) is 3.87. The Hall–Kier alpha value is -1.33. The summed E-state index contributed by atoms with van der Waals surface area (Å²) in [6.45, 7) is 5.32. The molecule has 0 fully saturated rings. The number of nitrogens with one attached hydrogen (secondary N) is 1. The van der Waals surface area contributed by atoms with Gasteiger partial charge in [-0.1, -0.05) is 13.8 Å². The maximum Gasteiger partial charge on any atom is 0.389 e. The normalized spacial score (nSPS) is 12.2. The smallest absolute Gasteiger partial charge is 0.310 e. The molecule has 0 aliphatic heterocycles. The van der Waals surface area contributed by atoms with Gasteiger partial charge in [-0.3, -0.25) is 4.79 Å². The van der Waals surface area contributed by atoms with Crippen LogP contribution in [0.25, 0.3) is 0 Å². The third-order valence-corrected chi connectivity index (χ3v) is 2.42. The fourth-order valence-corrected chi connectivity index (χ4v) is 1.71. The first kappa shape index (κ1) is 13.7. The Morgan fingerprint density at radius 3 is 2.35 bits per heavy atom. The average Bonchev–Trinajstić information content (AvgIpc) is 2.11. The summed E-state index contributed by atoms with van der Waals surface area (Å²) in [5.74, 6) is 0.0946. The van der Waals surface area contributed by atoms with Crippen LogP contribution in [0.2, 0.25) is 0 Å². The molecule has 3 nitrogen and oxygen atoms in total. The Labute approximate surface area is 97.1 Å². The van der Waals surface area contributed by atoms with Crippen molar-refractivity contribution in [3.05, 3.63) is 27.4 Å². The van der Waals surface area contributed by atoms with Gasteiger partial charge in [0.05, 0.1) is 6.42 Å². The number of hydrogen-bond donors (Lipinski definition) is 1. The summed E-state index contributed by atoms with van der Waals surface area (Å²) in [5.41, 5.74) is 0.686. The van der Waals surface area contributed by atoms with Crippen LogP contribution in [0.4, 0.5) is 13.2 Å². The van der Waals surface area contributed by atoms with Crippen molar-refractivity contribution in [1.29, 1.82) is 0 Å². The number of aromatic nitrogens is 2. The molecule has 1 aromatic heterocycles. The van der Waals surface area contributed by atoms with Gasteiger partial charge < -0.3 is 4.98 Å². The SMILES string of the molecule is Cc1nc(CCC(F)(F)F)[nH]c(=O)c1C(C)C. The van der Waals surface area contributed by atoms with Crippen LogP contribution in [0.5, 0.6) is 0 Å². The zero-order valence-electron chi connectivity index (χ0n) is 9.98. The van der Waals surface area contributed by atoms with Crippen molar-refractivity contribution < 1.29 is 13.2 Å². The summed E-state index contributed by atoms with van der Waals surface area (Å²) < 4.78 is 36.1. The largest absolute Gasteiger partial charge is 0.389 e. The first-order chi connectivity index (χ1) is 7.70. The summed E-state index contributed by atoms with van der Waals surface area (Å²) in [5, 5.41) is 0. The number of aryl methyl sites for hydroxylation is 2. The van der Waals surface area contributed by atoms with E-state index >= 15 is 0 Å². The van der Waals surface area contributed by atoms with Crippen LogP contribution in [0.1, 0.15) is 43.3 Å². The molecule has 6 heteroatoms. The minimum absolute atomic E-state index is 0.00270. The summed E-state index contributed by atoms with van der Waals surface area (Å²) in [6.07, 6.45) is -5.50. The van der Waals surface area contributed by atoms with Crippen molar-refractivity contribution in [2.45, 2.75) is 45.7 Å². The van der Waals surface area contributed by atoms with Gasteiger partial charge in [-0.15, -0.1) is 0 Å². The number of H-pyrrole nitrogens is 1. The zero-order valence-corrected chi connectivity index (χ0v) is 9.98. The van der Waals surface area contributed by atoms with Crippen molar-refractivity contribution in [1.82, 2.24) is 9.97 Å². The van der Waals surface area contributed by atoms with Crippen molar-refractivity contribution in [2.75, 3.05) is 0 Å². The minimum atomic E-state index is -4.23. The zero-order chi connectivity index (χ0) is 13.2. The van der Waals surface area contributed by atoms with Gasteiger partial charge in [0.25, 0.3) is 5.56 Å². The van der Waals surface area contributed by atoms with Crippen molar-refractivity contribution >= 4 is 0 Å². The Kier molecular flexibility index (Phi) is 3.95. The Bertz CT molecular complexity index is 449. The summed E-state index contributed by atoms with van der Waals surface area (Å²) in [6, 6.07) is 0. The van der Waals surface area contributed by atoms with Crippen LogP contribution >= 0.6 is 0 Å². The lowest BCUT2D eigenvalue weighted by molar-refractivity contribution is -0.134. The molecule has 1 N–H and O–H groups in total. The highest BCUT2D eigenvalue weighted by Crippen LogP contribution is 2.21. The third-order valence-electron chi connectivity index (χ3n) is 2.42. The summed E-state index contributed by atoms with van der Waals surface area (Å²) >= 11 is 0. The molecule has 0 atom stereocenters. The highest BCUT2D eigenvalue weighted by atomic mass is 19.4. The molecule has 17 heavy (non-hydrogen) atoms. The summed E-state index contributed by atoms with van der Waals surface area (Å²) in [7, 11) is 0. The second-order valence-corrected chi connectivity index (χ2v) is 4.28. The van der Waals surface area contributed by atoms with E-state index < -0.39 is 12.6 Å². The van der Waals surface area contributed by atoms with Gasteiger partial charge in [0.1, 0.15) is 5.82 Å². The summed E-state index contributed by atoms with van der Waals surface area (Å²) in [4.78, 5) is 18.1. The maximum atomic E-state index is 12.0. The molecular formula is C11H15F3N2O.